The minimum absolute atomic E-state index is 0.00616. The number of aliphatic hydroxyl groups excluding tert-OH is 1. The summed E-state index contributed by atoms with van der Waals surface area (Å²) in [6, 6.07) is 12.7. The number of nitrogens with zero attached hydrogens (tertiary/aromatic N) is 4. The molecule has 0 aliphatic carbocycles. The number of fused-ring (bicyclic) bond motifs is 1. The van der Waals surface area contributed by atoms with E-state index >= 15 is 0 Å². The number of hydrogen-bond donors (Lipinski definition) is 1. The van der Waals surface area contributed by atoms with E-state index in [2.05, 4.69) is 40.2 Å². The number of amides is 2. The Morgan fingerprint density at radius 2 is 1.79 bits per heavy atom. The van der Waals surface area contributed by atoms with Crippen molar-refractivity contribution in [3.63, 3.8) is 0 Å². The maximum atomic E-state index is 12.9. The number of hydrogen-bond acceptors (Lipinski definition) is 5. The quantitative estimate of drug-likeness (QED) is 0.702. The summed E-state index contributed by atoms with van der Waals surface area (Å²) in [7, 11) is 0. The molecule has 3 aliphatic heterocycles. The van der Waals surface area contributed by atoms with E-state index in [1.54, 1.807) is 4.90 Å². The molecule has 2 saturated heterocycles. The monoisotopic (exact) mass is 450 g/mol. The van der Waals surface area contributed by atoms with Crippen LogP contribution in [0.2, 0.25) is 0 Å². The molecule has 1 atom stereocenters. The van der Waals surface area contributed by atoms with Crippen molar-refractivity contribution in [3.05, 3.63) is 65.0 Å². The molecule has 2 fully saturated rings. The molecule has 1 aromatic carbocycles. The molecule has 0 spiro atoms. The summed E-state index contributed by atoms with van der Waals surface area (Å²) in [5.74, 6) is 0.527. The van der Waals surface area contributed by atoms with E-state index < -0.39 is 6.10 Å². The molecule has 7 nitrogen and oxygen atoms in total. The molecule has 7 heteroatoms. The second-order valence-corrected chi connectivity index (χ2v) is 9.53. The number of ether oxygens (including phenoxy) is 1. The van der Waals surface area contributed by atoms with Gasteiger partial charge in [0.25, 0.3) is 0 Å². The molecule has 2 aromatic rings. The fourth-order valence-electron chi connectivity index (χ4n) is 5.27. The average molecular weight is 451 g/mol. The predicted molar refractivity (Wildman–Crippen MR) is 126 cm³/mol. The van der Waals surface area contributed by atoms with Gasteiger partial charge in [0, 0.05) is 58.7 Å². The summed E-state index contributed by atoms with van der Waals surface area (Å²) >= 11 is 0. The van der Waals surface area contributed by atoms with Crippen LogP contribution in [0.3, 0.4) is 0 Å². The van der Waals surface area contributed by atoms with Crippen LogP contribution in [0.25, 0.3) is 0 Å². The topological polar surface area (TPSA) is 69.1 Å². The Morgan fingerprint density at radius 3 is 2.58 bits per heavy atom. The Labute approximate surface area is 196 Å². The Bertz CT molecular complexity index is 945. The number of carbonyl (C=O) groups is 1. The highest BCUT2D eigenvalue weighted by atomic mass is 16.5. The van der Waals surface area contributed by atoms with Gasteiger partial charge in [-0.15, -0.1) is 0 Å². The van der Waals surface area contributed by atoms with Gasteiger partial charge < -0.3 is 19.6 Å². The Morgan fingerprint density at radius 1 is 1.00 bits per heavy atom. The van der Waals surface area contributed by atoms with E-state index in [0.29, 0.717) is 38.6 Å². The molecular weight excluding hydrogens is 416 g/mol. The van der Waals surface area contributed by atoms with Crippen molar-refractivity contribution >= 4 is 6.03 Å². The van der Waals surface area contributed by atoms with Crippen molar-refractivity contribution in [1.29, 1.82) is 0 Å². The first kappa shape index (κ1) is 22.3. The number of urea groups is 1. The predicted octanol–water partition coefficient (Wildman–Crippen LogP) is 2.63. The maximum Gasteiger partial charge on any atom is 0.320 e. The SMILES string of the molecule is O=C1N(Cc2ccc(C3CCOCC3)cn2)CCN1C[C@H](O)CN1CCc2ccccc2C1. The van der Waals surface area contributed by atoms with Crippen molar-refractivity contribution in [2.45, 2.75) is 44.4 Å². The molecule has 0 unspecified atom stereocenters. The first-order valence-corrected chi connectivity index (χ1v) is 12.2. The smallest absolute Gasteiger partial charge is 0.320 e. The van der Waals surface area contributed by atoms with Crippen molar-refractivity contribution in [2.24, 2.45) is 0 Å². The number of benzene rings is 1. The summed E-state index contributed by atoms with van der Waals surface area (Å²) in [5, 5.41) is 10.7. The lowest BCUT2D eigenvalue weighted by atomic mass is 9.93. The highest BCUT2D eigenvalue weighted by molar-refractivity contribution is 5.76. The molecule has 5 rings (SSSR count). The third-order valence-corrected chi connectivity index (χ3v) is 7.18. The van der Waals surface area contributed by atoms with E-state index in [4.69, 9.17) is 4.74 Å². The first-order valence-electron chi connectivity index (χ1n) is 12.2. The van der Waals surface area contributed by atoms with Crippen LogP contribution >= 0.6 is 0 Å². The van der Waals surface area contributed by atoms with Crippen molar-refractivity contribution in [1.82, 2.24) is 19.7 Å². The number of aromatic nitrogens is 1. The van der Waals surface area contributed by atoms with Gasteiger partial charge in [0.05, 0.1) is 18.3 Å². The van der Waals surface area contributed by atoms with Crippen LogP contribution in [0.15, 0.2) is 42.6 Å². The number of aliphatic hydroxyl groups is 1. The third-order valence-electron chi connectivity index (χ3n) is 7.18. The molecule has 176 valence electrons. The average Bonchev–Trinajstić information content (AvgIpc) is 3.18. The normalized spacial score (nSPS) is 20.8. The van der Waals surface area contributed by atoms with Crippen LogP contribution in [-0.2, 0) is 24.2 Å². The number of β-amino-alcohol motifs (C(OH)–C–C–N with tert-alkyl or cyclic N) is 1. The van der Waals surface area contributed by atoms with Crippen LogP contribution in [-0.4, -0.2) is 82.9 Å². The van der Waals surface area contributed by atoms with Gasteiger partial charge in [0.2, 0.25) is 0 Å². The molecule has 0 bridgehead atoms. The molecule has 1 aromatic heterocycles. The highest BCUT2D eigenvalue weighted by Gasteiger charge is 2.31. The number of carbonyl (C=O) groups excluding carboxylic acids is 1. The van der Waals surface area contributed by atoms with Crippen molar-refractivity contribution in [2.75, 3.05) is 45.9 Å². The van der Waals surface area contributed by atoms with Crippen LogP contribution in [0.4, 0.5) is 4.79 Å². The van der Waals surface area contributed by atoms with Crippen LogP contribution in [0, 0.1) is 0 Å². The van der Waals surface area contributed by atoms with Gasteiger partial charge in [0.1, 0.15) is 0 Å². The van der Waals surface area contributed by atoms with E-state index in [0.717, 1.165) is 51.3 Å². The van der Waals surface area contributed by atoms with E-state index in [1.807, 2.05) is 17.2 Å². The van der Waals surface area contributed by atoms with E-state index in [9.17, 15) is 9.90 Å². The third kappa shape index (κ3) is 5.37. The fourth-order valence-corrected chi connectivity index (χ4v) is 5.27. The van der Waals surface area contributed by atoms with Crippen molar-refractivity contribution in [3.8, 4) is 0 Å². The minimum Gasteiger partial charge on any atom is -0.390 e. The Hall–Kier alpha value is -2.48. The van der Waals surface area contributed by atoms with Crippen LogP contribution in [0.5, 0.6) is 0 Å². The zero-order valence-electron chi connectivity index (χ0n) is 19.2. The van der Waals surface area contributed by atoms with Gasteiger partial charge in [-0.1, -0.05) is 30.3 Å². The number of rotatable bonds is 7. The molecule has 0 radical (unpaired) electrons. The van der Waals surface area contributed by atoms with Gasteiger partial charge in [-0.2, -0.15) is 0 Å². The Kier molecular flexibility index (Phi) is 6.90. The van der Waals surface area contributed by atoms with E-state index in [1.165, 1.54) is 16.7 Å². The first-order chi connectivity index (χ1) is 16.2. The zero-order valence-corrected chi connectivity index (χ0v) is 19.2. The fraction of sp³-hybridized carbons (Fsp3) is 0.538. The molecule has 33 heavy (non-hydrogen) atoms. The second-order valence-electron chi connectivity index (χ2n) is 9.53. The molecule has 3 aliphatic rings. The lowest BCUT2D eigenvalue weighted by Crippen LogP contribution is -2.43. The second kappa shape index (κ2) is 10.2. The lowest BCUT2D eigenvalue weighted by molar-refractivity contribution is 0.0811. The minimum atomic E-state index is -0.545. The van der Waals surface area contributed by atoms with Crippen molar-refractivity contribution < 1.29 is 14.6 Å². The zero-order chi connectivity index (χ0) is 22.6. The van der Waals surface area contributed by atoms with Crippen LogP contribution in [0.1, 0.15) is 41.1 Å². The van der Waals surface area contributed by atoms with Gasteiger partial charge in [-0.25, -0.2) is 4.79 Å². The lowest BCUT2D eigenvalue weighted by Gasteiger charge is -2.31. The molecule has 0 saturated carbocycles. The van der Waals surface area contributed by atoms with Gasteiger partial charge in [-0.05, 0) is 47.9 Å². The highest BCUT2D eigenvalue weighted by Crippen LogP contribution is 2.26. The molecular formula is C26H34N4O3. The summed E-state index contributed by atoms with van der Waals surface area (Å²) in [5.41, 5.74) is 4.92. The van der Waals surface area contributed by atoms with Gasteiger partial charge in [-0.3, -0.25) is 9.88 Å². The summed E-state index contributed by atoms with van der Waals surface area (Å²) in [6.07, 6.45) is 4.53. The Balaban J connectivity index is 1.10. The molecule has 1 N–H and O–H groups in total. The summed E-state index contributed by atoms with van der Waals surface area (Å²) in [6.45, 7) is 6.26. The maximum absolute atomic E-state index is 12.9. The summed E-state index contributed by atoms with van der Waals surface area (Å²) in [4.78, 5) is 23.4. The van der Waals surface area contributed by atoms with Gasteiger partial charge in [0.15, 0.2) is 0 Å². The van der Waals surface area contributed by atoms with Gasteiger partial charge >= 0.3 is 6.03 Å². The molecule has 4 heterocycles. The standard InChI is InChI=1S/C26H34N4O3/c31-25(18-28-10-7-20-3-1-2-4-23(20)16-28)19-30-12-11-29(26(30)32)17-24-6-5-22(15-27-24)21-8-13-33-14-9-21/h1-6,15,21,25,31H,7-14,16-19H2/t25-/m1/s1. The summed E-state index contributed by atoms with van der Waals surface area (Å²) < 4.78 is 5.45. The largest absolute Gasteiger partial charge is 0.390 e. The molecule has 2 amide bonds. The van der Waals surface area contributed by atoms with Crippen LogP contribution < -0.4 is 0 Å². The number of pyridine rings is 1. The van der Waals surface area contributed by atoms with E-state index in [-0.39, 0.29) is 6.03 Å².